The molecule has 0 aliphatic carbocycles. The summed E-state index contributed by atoms with van der Waals surface area (Å²) in [7, 11) is 1.45. The lowest BCUT2D eigenvalue weighted by atomic mass is 10.1. The van der Waals surface area contributed by atoms with Crippen molar-refractivity contribution in [2.45, 2.75) is 6.92 Å². The molecule has 7 heteroatoms. The van der Waals surface area contributed by atoms with Gasteiger partial charge in [0.2, 0.25) is 5.91 Å². The summed E-state index contributed by atoms with van der Waals surface area (Å²) in [4.78, 5) is 28.4. The lowest BCUT2D eigenvalue weighted by molar-refractivity contribution is -0.119. The molecular formula is C18H18N4O3. The number of benzene rings is 1. The van der Waals surface area contributed by atoms with Crippen LogP contribution in [0, 0.1) is 6.92 Å². The van der Waals surface area contributed by atoms with Crippen LogP contribution in [0.1, 0.15) is 16.1 Å². The molecule has 0 saturated heterocycles. The average Bonchev–Trinajstić information content (AvgIpc) is 3.02. The predicted octanol–water partition coefficient (Wildman–Crippen LogP) is 2.48. The Morgan fingerprint density at radius 1 is 1.20 bits per heavy atom. The van der Waals surface area contributed by atoms with Crippen molar-refractivity contribution in [1.82, 2.24) is 9.38 Å². The third-order valence-corrected chi connectivity index (χ3v) is 3.64. The first-order valence-electron chi connectivity index (χ1n) is 7.71. The fourth-order valence-corrected chi connectivity index (χ4v) is 2.39. The number of anilines is 2. The van der Waals surface area contributed by atoms with Crippen LogP contribution < -0.4 is 10.6 Å². The van der Waals surface area contributed by atoms with Crippen LogP contribution in [0.25, 0.3) is 5.65 Å². The molecule has 3 rings (SSSR count). The summed E-state index contributed by atoms with van der Waals surface area (Å²) in [6, 6.07) is 10.8. The van der Waals surface area contributed by atoms with Crippen molar-refractivity contribution in [3.63, 3.8) is 0 Å². The van der Waals surface area contributed by atoms with Crippen molar-refractivity contribution < 1.29 is 14.3 Å². The Balaban J connectivity index is 1.79. The van der Waals surface area contributed by atoms with E-state index in [1.807, 2.05) is 37.4 Å². The van der Waals surface area contributed by atoms with Crippen LogP contribution >= 0.6 is 0 Å². The van der Waals surface area contributed by atoms with Crippen LogP contribution in [-0.4, -0.2) is 34.9 Å². The number of amides is 2. The molecule has 25 heavy (non-hydrogen) atoms. The molecule has 2 heterocycles. The van der Waals surface area contributed by atoms with Crippen molar-refractivity contribution in [2.75, 3.05) is 24.4 Å². The van der Waals surface area contributed by atoms with Crippen molar-refractivity contribution in [1.29, 1.82) is 0 Å². The zero-order valence-corrected chi connectivity index (χ0v) is 13.9. The van der Waals surface area contributed by atoms with E-state index >= 15 is 0 Å². The zero-order valence-electron chi connectivity index (χ0n) is 13.9. The molecule has 0 unspecified atom stereocenters. The van der Waals surface area contributed by atoms with Gasteiger partial charge in [-0.15, -0.1) is 0 Å². The largest absolute Gasteiger partial charge is 0.375 e. The van der Waals surface area contributed by atoms with E-state index in [4.69, 9.17) is 4.74 Å². The highest BCUT2D eigenvalue weighted by Gasteiger charge is 2.13. The van der Waals surface area contributed by atoms with Gasteiger partial charge < -0.3 is 19.8 Å². The monoisotopic (exact) mass is 338 g/mol. The first-order valence-corrected chi connectivity index (χ1v) is 7.71. The Kier molecular flexibility index (Phi) is 4.76. The van der Waals surface area contributed by atoms with E-state index in [-0.39, 0.29) is 18.4 Å². The van der Waals surface area contributed by atoms with Gasteiger partial charge in [-0.05, 0) is 36.8 Å². The molecule has 0 aliphatic heterocycles. The molecule has 0 fully saturated rings. The minimum absolute atomic E-state index is 0.0309. The van der Waals surface area contributed by atoms with E-state index in [0.717, 1.165) is 5.56 Å². The molecule has 2 N–H and O–H groups in total. The Morgan fingerprint density at radius 2 is 2.04 bits per heavy atom. The highest BCUT2D eigenvalue weighted by molar-refractivity contribution is 6.04. The van der Waals surface area contributed by atoms with Gasteiger partial charge in [0, 0.05) is 30.9 Å². The number of methoxy groups -OCH3 is 1. The van der Waals surface area contributed by atoms with Crippen molar-refractivity contribution in [3.8, 4) is 0 Å². The number of pyridine rings is 1. The van der Waals surface area contributed by atoms with Gasteiger partial charge in [0.15, 0.2) is 0 Å². The summed E-state index contributed by atoms with van der Waals surface area (Å²) in [6.07, 6.45) is 3.50. The standard InChI is InChI=1S/C18H18N4O3/c1-12-6-7-13(19-17(23)11-25-2)9-14(12)21-18(24)15-10-22-8-4-3-5-16(22)20-15/h3-10H,11H2,1-2H3,(H,19,23)(H,21,24). The molecular weight excluding hydrogens is 320 g/mol. The van der Waals surface area contributed by atoms with Crippen LogP contribution in [0.2, 0.25) is 0 Å². The molecule has 0 aliphatic rings. The Labute approximate surface area is 144 Å². The number of aromatic nitrogens is 2. The van der Waals surface area contributed by atoms with E-state index in [2.05, 4.69) is 15.6 Å². The van der Waals surface area contributed by atoms with Crippen LogP contribution in [0.15, 0.2) is 48.8 Å². The first-order chi connectivity index (χ1) is 12.1. The molecule has 7 nitrogen and oxygen atoms in total. The van der Waals surface area contributed by atoms with E-state index in [1.54, 1.807) is 22.7 Å². The molecule has 2 aromatic heterocycles. The summed E-state index contributed by atoms with van der Waals surface area (Å²) in [5.41, 5.74) is 3.08. The van der Waals surface area contributed by atoms with Crippen molar-refractivity contribution >= 4 is 28.8 Å². The maximum Gasteiger partial charge on any atom is 0.275 e. The van der Waals surface area contributed by atoms with Gasteiger partial charge in [-0.2, -0.15) is 0 Å². The van der Waals surface area contributed by atoms with Crippen LogP contribution in [0.5, 0.6) is 0 Å². The third kappa shape index (κ3) is 3.84. The van der Waals surface area contributed by atoms with Crippen LogP contribution in [0.3, 0.4) is 0 Å². The highest BCUT2D eigenvalue weighted by Crippen LogP contribution is 2.21. The van der Waals surface area contributed by atoms with Crippen LogP contribution in [-0.2, 0) is 9.53 Å². The topological polar surface area (TPSA) is 84.7 Å². The Hall–Kier alpha value is -3.19. The number of imidazole rings is 1. The molecule has 1 aromatic carbocycles. The van der Waals surface area contributed by atoms with Crippen molar-refractivity contribution in [3.05, 3.63) is 60.0 Å². The number of carbonyl (C=O) groups is 2. The van der Waals surface area contributed by atoms with Gasteiger partial charge in [-0.1, -0.05) is 12.1 Å². The molecule has 128 valence electrons. The minimum Gasteiger partial charge on any atom is -0.375 e. The van der Waals surface area contributed by atoms with Gasteiger partial charge in [0.25, 0.3) is 5.91 Å². The summed E-state index contributed by atoms with van der Waals surface area (Å²) >= 11 is 0. The summed E-state index contributed by atoms with van der Waals surface area (Å²) in [5, 5.41) is 5.55. The highest BCUT2D eigenvalue weighted by atomic mass is 16.5. The van der Waals surface area contributed by atoms with E-state index in [1.165, 1.54) is 7.11 Å². The molecule has 3 aromatic rings. The van der Waals surface area contributed by atoms with Crippen LogP contribution in [0.4, 0.5) is 11.4 Å². The third-order valence-electron chi connectivity index (χ3n) is 3.64. The van der Waals surface area contributed by atoms with E-state index in [0.29, 0.717) is 22.7 Å². The Bertz CT molecular complexity index is 900. The zero-order chi connectivity index (χ0) is 17.8. The lowest BCUT2D eigenvalue weighted by Gasteiger charge is -2.10. The number of rotatable bonds is 5. The number of nitrogens with one attached hydrogen (secondary N) is 2. The average molecular weight is 338 g/mol. The maximum atomic E-state index is 12.5. The summed E-state index contributed by atoms with van der Waals surface area (Å²) < 4.78 is 6.57. The lowest BCUT2D eigenvalue weighted by Crippen LogP contribution is -2.18. The second-order valence-corrected chi connectivity index (χ2v) is 5.56. The summed E-state index contributed by atoms with van der Waals surface area (Å²) in [5.74, 6) is -0.573. The maximum absolute atomic E-state index is 12.5. The van der Waals surface area contributed by atoms with Crippen molar-refractivity contribution in [2.24, 2.45) is 0 Å². The quantitative estimate of drug-likeness (QED) is 0.748. The number of hydrogen-bond acceptors (Lipinski definition) is 4. The fourth-order valence-electron chi connectivity index (χ4n) is 2.39. The number of nitrogens with zero attached hydrogens (tertiary/aromatic N) is 2. The molecule has 0 radical (unpaired) electrons. The van der Waals surface area contributed by atoms with Gasteiger partial charge in [0.1, 0.15) is 17.9 Å². The second kappa shape index (κ2) is 7.14. The van der Waals surface area contributed by atoms with Gasteiger partial charge in [-0.3, -0.25) is 9.59 Å². The summed E-state index contributed by atoms with van der Waals surface area (Å²) in [6.45, 7) is 1.84. The normalized spacial score (nSPS) is 10.6. The number of ether oxygens (including phenoxy) is 1. The molecule has 0 bridgehead atoms. The predicted molar refractivity (Wildman–Crippen MR) is 94.8 cm³/mol. The second-order valence-electron chi connectivity index (χ2n) is 5.56. The smallest absolute Gasteiger partial charge is 0.275 e. The van der Waals surface area contributed by atoms with E-state index < -0.39 is 0 Å². The fraction of sp³-hybridized carbons (Fsp3) is 0.167. The number of fused-ring (bicyclic) bond motifs is 1. The minimum atomic E-state index is -0.313. The van der Waals surface area contributed by atoms with Gasteiger partial charge in [-0.25, -0.2) is 4.98 Å². The number of aryl methyl sites for hydroxylation is 1. The van der Waals surface area contributed by atoms with Gasteiger partial charge in [0.05, 0.1) is 0 Å². The van der Waals surface area contributed by atoms with E-state index in [9.17, 15) is 9.59 Å². The molecule has 0 saturated carbocycles. The first kappa shape index (κ1) is 16.7. The van der Waals surface area contributed by atoms with Gasteiger partial charge >= 0.3 is 0 Å². The Morgan fingerprint density at radius 3 is 2.80 bits per heavy atom. The molecule has 0 spiro atoms. The molecule has 2 amide bonds. The SMILES string of the molecule is COCC(=O)Nc1ccc(C)c(NC(=O)c2cn3ccccc3n2)c1. The number of hydrogen-bond donors (Lipinski definition) is 2. The molecule has 0 atom stereocenters. The number of carbonyl (C=O) groups excluding carboxylic acids is 2.